The third-order valence-electron chi connectivity index (χ3n) is 3.82. The van der Waals surface area contributed by atoms with Crippen LogP contribution in [-0.2, 0) is 6.42 Å². The predicted molar refractivity (Wildman–Crippen MR) is 70.9 cm³/mol. The van der Waals surface area contributed by atoms with Crippen molar-refractivity contribution in [2.24, 2.45) is 5.92 Å². The fourth-order valence-corrected chi connectivity index (χ4v) is 2.69. The van der Waals surface area contributed by atoms with Gasteiger partial charge >= 0.3 is 0 Å². The molecule has 1 heteroatoms. The van der Waals surface area contributed by atoms with Crippen LogP contribution in [0.3, 0.4) is 0 Å². The van der Waals surface area contributed by atoms with E-state index in [1.807, 2.05) is 0 Å². The fraction of sp³-hybridized carbons (Fsp3) is 0.600. The smallest absolute Gasteiger partial charge is 0.0345 e. The minimum atomic E-state index is 0.706. The molecule has 1 aliphatic rings. The number of anilines is 1. The molecule has 0 amide bonds. The van der Waals surface area contributed by atoms with Gasteiger partial charge in [0.25, 0.3) is 0 Å². The highest BCUT2D eigenvalue weighted by Gasteiger charge is 2.22. The lowest BCUT2D eigenvalue weighted by Gasteiger charge is -2.15. The lowest BCUT2D eigenvalue weighted by atomic mass is 10.1. The van der Waals surface area contributed by atoms with Crippen molar-refractivity contribution in [2.75, 3.05) is 5.32 Å². The molecule has 16 heavy (non-hydrogen) atoms. The van der Waals surface area contributed by atoms with Crippen molar-refractivity contribution in [3.63, 3.8) is 0 Å². The molecule has 1 aromatic carbocycles. The van der Waals surface area contributed by atoms with Crippen molar-refractivity contribution in [3.8, 4) is 0 Å². The molecular weight excluding hydrogens is 194 g/mol. The van der Waals surface area contributed by atoms with Gasteiger partial charge in [-0.2, -0.15) is 0 Å². The molecule has 1 aromatic rings. The zero-order valence-corrected chi connectivity index (χ0v) is 10.5. The Bertz CT molecular complexity index is 332. The van der Waals surface area contributed by atoms with Crippen LogP contribution in [0.25, 0.3) is 0 Å². The molecule has 2 rings (SSSR count). The highest BCUT2D eigenvalue weighted by Crippen LogP contribution is 2.30. The number of hydrogen-bond acceptors (Lipinski definition) is 1. The van der Waals surface area contributed by atoms with Gasteiger partial charge in [0.15, 0.2) is 0 Å². The summed E-state index contributed by atoms with van der Waals surface area (Å²) >= 11 is 0. The van der Waals surface area contributed by atoms with Gasteiger partial charge in [-0.05, 0) is 49.3 Å². The maximum Gasteiger partial charge on any atom is 0.0345 e. The van der Waals surface area contributed by atoms with E-state index in [0.29, 0.717) is 6.04 Å². The summed E-state index contributed by atoms with van der Waals surface area (Å²) in [6, 6.07) is 9.55. The third-order valence-corrected chi connectivity index (χ3v) is 3.82. The van der Waals surface area contributed by atoms with Gasteiger partial charge < -0.3 is 5.32 Å². The van der Waals surface area contributed by atoms with Crippen LogP contribution in [0, 0.1) is 5.92 Å². The summed E-state index contributed by atoms with van der Waals surface area (Å²) in [6.07, 6.45) is 6.56. The van der Waals surface area contributed by atoms with Gasteiger partial charge in [0.1, 0.15) is 0 Å². The summed E-state index contributed by atoms with van der Waals surface area (Å²) in [4.78, 5) is 0. The minimum absolute atomic E-state index is 0.706. The molecular formula is C15H23N. The molecule has 1 N–H and O–H groups in total. The van der Waals surface area contributed by atoms with Gasteiger partial charge in [-0.15, -0.1) is 0 Å². The monoisotopic (exact) mass is 217 g/mol. The van der Waals surface area contributed by atoms with Gasteiger partial charge in [0.05, 0.1) is 0 Å². The van der Waals surface area contributed by atoms with E-state index < -0.39 is 0 Å². The number of nitrogens with one attached hydrogen (secondary N) is 1. The van der Waals surface area contributed by atoms with E-state index in [-0.39, 0.29) is 0 Å². The number of hydrogen-bond donors (Lipinski definition) is 1. The van der Waals surface area contributed by atoms with Gasteiger partial charge in [-0.25, -0.2) is 0 Å². The van der Waals surface area contributed by atoms with Crippen LogP contribution in [0.5, 0.6) is 0 Å². The normalized spacial score (nSPS) is 24.6. The molecule has 88 valence electrons. The molecule has 0 aromatic heterocycles. The van der Waals surface area contributed by atoms with Crippen LogP contribution >= 0.6 is 0 Å². The van der Waals surface area contributed by atoms with Crippen LogP contribution in [0.2, 0.25) is 0 Å². The lowest BCUT2D eigenvalue weighted by Crippen LogP contribution is -2.15. The van der Waals surface area contributed by atoms with Gasteiger partial charge in [0.2, 0.25) is 0 Å². The molecule has 0 bridgehead atoms. The summed E-state index contributed by atoms with van der Waals surface area (Å²) in [5.41, 5.74) is 2.73. The summed E-state index contributed by atoms with van der Waals surface area (Å²) in [7, 11) is 0. The zero-order valence-electron chi connectivity index (χ0n) is 10.5. The van der Waals surface area contributed by atoms with Crippen molar-refractivity contribution in [2.45, 2.75) is 52.0 Å². The first kappa shape index (κ1) is 11.5. The number of aryl methyl sites for hydroxylation is 1. The Kier molecular flexibility index (Phi) is 3.87. The second-order valence-electron chi connectivity index (χ2n) is 4.98. The van der Waals surface area contributed by atoms with Crippen LogP contribution in [-0.4, -0.2) is 6.04 Å². The van der Waals surface area contributed by atoms with Crippen molar-refractivity contribution < 1.29 is 0 Å². The lowest BCUT2D eigenvalue weighted by molar-refractivity contribution is 0.525. The highest BCUT2D eigenvalue weighted by atomic mass is 14.9. The van der Waals surface area contributed by atoms with Crippen molar-refractivity contribution in [1.29, 1.82) is 0 Å². The van der Waals surface area contributed by atoms with Crippen LogP contribution < -0.4 is 5.32 Å². The van der Waals surface area contributed by atoms with Gasteiger partial charge in [-0.3, -0.25) is 0 Å². The Balaban J connectivity index is 1.94. The van der Waals surface area contributed by atoms with E-state index in [4.69, 9.17) is 0 Å². The fourth-order valence-electron chi connectivity index (χ4n) is 2.69. The second kappa shape index (κ2) is 5.38. The van der Waals surface area contributed by atoms with E-state index in [2.05, 4.69) is 43.4 Å². The minimum Gasteiger partial charge on any atom is -0.382 e. The van der Waals surface area contributed by atoms with Crippen molar-refractivity contribution in [1.82, 2.24) is 0 Å². The average Bonchev–Trinajstić information content (AvgIpc) is 2.77. The maximum absolute atomic E-state index is 3.68. The van der Waals surface area contributed by atoms with Crippen LogP contribution in [0.15, 0.2) is 24.3 Å². The molecule has 1 fully saturated rings. The maximum atomic E-state index is 3.68. The Labute approximate surface area is 99.3 Å². The molecule has 1 saturated carbocycles. The van der Waals surface area contributed by atoms with Gasteiger partial charge in [0, 0.05) is 11.7 Å². The van der Waals surface area contributed by atoms with E-state index in [0.717, 1.165) is 12.3 Å². The first-order chi connectivity index (χ1) is 7.81. The predicted octanol–water partition coefficient (Wildman–Crippen LogP) is 4.24. The van der Waals surface area contributed by atoms with Crippen LogP contribution in [0.1, 0.15) is 45.1 Å². The first-order valence-electron chi connectivity index (χ1n) is 6.67. The quantitative estimate of drug-likeness (QED) is 0.795. The molecule has 1 aliphatic carbocycles. The second-order valence-corrected chi connectivity index (χ2v) is 4.98. The summed E-state index contributed by atoms with van der Waals surface area (Å²) < 4.78 is 0. The first-order valence-corrected chi connectivity index (χ1v) is 6.67. The molecule has 0 saturated heterocycles. The number of rotatable bonds is 4. The van der Waals surface area contributed by atoms with Crippen molar-refractivity contribution in [3.05, 3.63) is 29.8 Å². The Morgan fingerprint density at radius 1 is 1.25 bits per heavy atom. The SMILES string of the molecule is CCc1cccc(NC2CCC(CC)C2)c1. The van der Waals surface area contributed by atoms with E-state index in [1.165, 1.54) is 36.9 Å². The van der Waals surface area contributed by atoms with Crippen LogP contribution in [0.4, 0.5) is 5.69 Å². The Morgan fingerprint density at radius 2 is 2.12 bits per heavy atom. The standard InChI is InChI=1S/C15H23N/c1-3-12-6-5-7-14(10-12)16-15-9-8-13(4-2)11-15/h5-7,10,13,15-16H,3-4,8-9,11H2,1-2H3. The Morgan fingerprint density at radius 3 is 2.81 bits per heavy atom. The average molecular weight is 217 g/mol. The van der Waals surface area contributed by atoms with E-state index in [1.54, 1.807) is 0 Å². The summed E-state index contributed by atoms with van der Waals surface area (Å²) in [6.45, 7) is 4.52. The molecule has 0 radical (unpaired) electrons. The zero-order chi connectivity index (χ0) is 11.4. The molecule has 1 nitrogen and oxygen atoms in total. The highest BCUT2D eigenvalue weighted by molar-refractivity contribution is 5.46. The van der Waals surface area contributed by atoms with E-state index in [9.17, 15) is 0 Å². The number of benzene rings is 1. The van der Waals surface area contributed by atoms with Gasteiger partial charge in [-0.1, -0.05) is 32.4 Å². The summed E-state index contributed by atoms with van der Waals surface area (Å²) in [5, 5.41) is 3.68. The largest absolute Gasteiger partial charge is 0.382 e. The summed E-state index contributed by atoms with van der Waals surface area (Å²) in [5.74, 6) is 0.951. The molecule has 0 heterocycles. The molecule has 2 atom stereocenters. The topological polar surface area (TPSA) is 12.0 Å². The van der Waals surface area contributed by atoms with E-state index >= 15 is 0 Å². The molecule has 0 aliphatic heterocycles. The molecule has 0 spiro atoms. The molecule has 2 unspecified atom stereocenters. The van der Waals surface area contributed by atoms with Crippen molar-refractivity contribution >= 4 is 5.69 Å². The third kappa shape index (κ3) is 2.78. The Hall–Kier alpha value is -0.980.